The van der Waals surface area contributed by atoms with Crippen molar-refractivity contribution in [3.05, 3.63) is 0 Å². The molecule has 19 heavy (non-hydrogen) atoms. The standard InChI is InChI=1S/C12H23N3O4/c1-3-4-5-8-15(2)12(19)14-9(11(17)18)6-7-10(13)16/h9H,3-8H2,1-2H3,(H2,13,16)(H,14,19)(H,17,18)/t9-/m1/s1. The zero-order valence-electron chi connectivity index (χ0n) is 11.5. The van der Waals surface area contributed by atoms with E-state index in [0.29, 0.717) is 6.54 Å². The molecule has 0 aliphatic rings. The monoisotopic (exact) mass is 273 g/mol. The first-order valence-corrected chi connectivity index (χ1v) is 6.41. The largest absolute Gasteiger partial charge is 0.480 e. The molecule has 4 N–H and O–H groups in total. The summed E-state index contributed by atoms with van der Waals surface area (Å²) < 4.78 is 0. The molecule has 0 saturated carbocycles. The lowest BCUT2D eigenvalue weighted by Crippen LogP contribution is -2.47. The smallest absolute Gasteiger partial charge is 0.326 e. The molecule has 0 aliphatic heterocycles. The molecular weight excluding hydrogens is 250 g/mol. The van der Waals surface area contributed by atoms with Gasteiger partial charge in [-0.2, -0.15) is 0 Å². The third-order valence-electron chi connectivity index (χ3n) is 2.72. The van der Waals surface area contributed by atoms with Crippen molar-refractivity contribution in [1.29, 1.82) is 0 Å². The van der Waals surface area contributed by atoms with Gasteiger partial charge in [0.2, 0.25) is 5.91 Å². The number of primary amides is 1. The first kappa shape index (κ1) is 17.2. The zero-order valence-corrected chi connectivity index (χ0v) is 11.5. The molecule has 7 nitrogen and oxygen atoms in total. The van der Waals surface area contributed by atoms with Crippen molar-refractivity contribution in [2.24, 2.45) is 5.73 Å². The van der Waals surface area contributed by atoms with E-state index in [9.17, 15) is 14.4 Å². The number of nitrogens with zero attached hydrogens (tertiary/aromatic N) is 1. The molecule has 0 fully saturated rings. The van der Waals surface area contributed by atoms with Crippen LogP contribution in [0.3, 0.4) is 0 Å². The molecule has 0 aliphatic carbocycles. The van der Waals surface area contributed by atoms with E-state index in [0.717, 1.165) is 19.3 Å². The van der Waals surface area contributed by atoms with Crippen molar-refractivity contribution < 1.29 is 19.5 Å². The van der Waals surface area contributed by atoms with E-state index in [1.165, 1.54) is 4.90 Å². The molecule has 0 spiro atoms. The van der Waals surface area contributed by atoms with Crippen LogP contribution in [0.25, 0.3) is 0 Å². The van der Waals surface area contributed by atoms with Crippen LogP contribution in [-0.2, 0) is 9.59 Å². The number of aliphatic carboxylic acids is 1. The topological polar surface area (TPSA) is 113 Å². The summed E-state index contributed by atoms with van der Waals surface area (Å²) >= 11 is 0. The van der Waals surface area contributed by atoms with E-state index in [4.69, 9.17) is 10.8 Å². The van der Waals surface area contributed by atoms with Gasteiger partial charge in [-0.1, -0.05) is 19.8 Å². The lowest BCUT2D eigenvalue weighted by molar-refractivity contribution is -0.139. The summed E-state index contributed by atoms with van der Waals surface area (Å²) in [5.74, 6) is -1.76. The van der Waals surface area contributed by atoms with Gasteiger partial charge in [0.05, 0.1) is 0 Å². The van der Waals surface area contributed by atoms with Gasteiger partial charge in [-0.15, -0.1) is 0 Å². The quantitative estimate of drug-likeness (QED) is 0.532. The van der Waals surface area contributed by atoms with Gasteiger partial charge in [-0.25, -0.2) is 9.59 Å². The maximum atomic E-state index is 11.7. The number of hydrogen-bond acceptors (Lipinski definition) is 3. The SMILES string of the molecule is CCCCCN(C)C(=O)N[C@H](CCC(N)=O)C(=O)O. The molecule has 0 aromatic carbocycles. The van der Waals surface area contributed by atoms with Crippen molar-refractivity contribution in [3.63, 3.8) is 0 Å². The maximum Gasteiger partial charge on any atom is 0.326 e. The Bertz CT molecular complexity index is 320. The number of carbonyl (C=O) groups is 3. The maximum absolute atomic E-state index is 11.7. The normalized spacial score (nSPS) is 11.7. The van der Waals surface area contributed by atoms with E-state index in [2.05, 4.69) is 12.2 Å². The van der Waals surface area contributed by atoms with Gasteiger partial charge >= 0.3 is 12.0 Å². The van der Waals surface area contributed by atoms with E-state index in [1.807, 2.05) is 0 Å². The molecule has 0 radical (unpaired) electrons. The number of urea groups is 1. The molecule has 0 aromatic heterocycles. The van der Waals surface area contributed by atoms with E-state index in [-0.39, 0.29) is 12.8 Å². The summed E-state index contributed by atoms with van der Waals surface area (Å²) in [6, 6.07) is -1.54. The predicted molar refractivity (Wildman–Crippen MR) is 70.5 cm³/mol. The first-order chi connectivity index (χ1) is 8.88. The van der Waals surface area contributed by atoms with E-state index < -0.39 is 23.9 Å². The van der Waals surface area contributed by atoms with Crippen LogP contribution in [0.2, 0.25) is 0 Å². The summed E-state index contributed by atoms with van der Waals surface area (Å²) in [5, 5.41) is 11.3. The average molecular weight is 273 g/mol. The van der Waals surface area contributed by atoms with Crippen LogP contribution in [0.15, 0.2) is 0 Å². The fraction of sp³-hybridized carbons (Fsp3) is 0.750. The highest BCUT2D eigenvalue weighted by Crippen LogP contribution is 2.01. The van der Waals surface area contributed by atoms with Crippen LogP contribution in [0.1, 0.15) is 39.0 Å². The number of rotatable bonds is 9. The second-order valence-electron chi connectivity index (χ2n) is 4.47. The number of carbonyl (C=O) groups excluding carboxylic acids is 2. The lowest BCUT2D eigenvalue weighted by atomic mass is 10.1. The van der Waals surface area contributed by atoms with Gasteiger partial charge in [-0.05, 0) is 12.8 Å². The highest BCUT2D eigenvalue weighted by atomic mass is 16.4. The van der Waals surface area contributed by atoms with Gasteiger partial charge in [0.15, 0.2) is 0 Å². The molecular formula is C12H23N3O4. The molecule has 1 atom stereocenters. The Morgan fingerprint density at radius 3 is 2.42 bits per heavy atom. The van der Waals surface area contributed by atoms with Crippen LogP contribution < -0.4 is 11.1 Å². The Morgan fingerprint density at radius 2 is 1.95 bits per heavy atom. The molecule has 0 saturated heterocycles. The van der Waals surface area contributed by atoms with Crippen molar-refractivity contribution in [1.82, 2.24) is 10.2 Å². The third kappa shape index (κ3) is 8.01. The fourth-order valence-corrected chi connectivity index (χ4v) is 1.50. The molecule has 0 heterocycles. The summed E-state index contributed by atoms with van der Waals surface area (Å²) in [5.41, 5.74) is 4.96. The molecule has 7 heteroatoms. The van der Waals surface area contributed by atoms with Crippen LogP contribution >= 0.6 is 0 Å². The van der Waals surface area contributed by atoms with Crippen molar-refractivity contribution >= 4 is 17.9 Å². The minimum atomic E-state index is -1.17. The molecule has 0 aromatic rings. The fourth-order valence-electron chi connectivity index (χ4n) is 1.50. The number of hydrogen-bond donors (Lipinski definition) is 3. The van der Waals surface area contributed by atoms with Gasteiger partial charge < -0.3 is 21.1 Å². The van der Waals surface area contributed by atoms with E-state index >= 15 is 0 Å². The lowest BCUT2D eigenvalue weighted by Gasteiger charge is -2.21. The number of amides is 3. The second-order valence-corrected chi connectivity index (χ2v) is 4.47. The average Bonchev–Trinajstić information content (AvgIpc) is 2.33. The van der Waals surface area contributed by atoms with Gasteiger partial charge in [-0.3, -0.25) is 4.79 Å². The number of nitrogens with two attached hydrogens (primary N) is 1. The first-order valence-electron chi connectivity index (χ1n) is 6.41. The number of carboxylic acids is 1. The van der Waals surface area contributed by atoms with Crippen LogP contribution in [0.4, 0.5) is 4.79 Å². The van der Waals surface area contributed by atoms with Gasteiger partial charge in [0.1, 0.15) is 6.04 Å². The summed E-state index contributed by atoms with van der Waals surface area (Å²) in [7, 11) is 1.61. The predicted octanol–water partition coefficient (Wildman–Crippen LogP) is 0.537. The van der Waals surface area contributed by atoms with Crippen molar-refractivity contribution in [3.8, 4) is 0 Å². The van der Waals surface area contributed by atoms with E-state index in [1.54, 1.807) is 7.05 Å². The van der Waals surface area contributed by atoms with Crippen molar-refractivity contribution in [2.75, 3.05) is 13.6 Å². The number of nitrogens with one attached hydrogen (secondary N) is 1. The van der Waals surface area contributed by atoms with Crippen LogP contribution in [0, 0.1) is 0 Å². The molecule has 0 rings (SSSR count). The Morgan fingerprint density at radius 1 is 1.32 bits per heavy atom. The molecule has 0 bridgehead atoms. The Labute approximate surface area is 113 Å². The molecule has 0 unspecified atom stereocenters. The number of carboxylic acid groups (broad SMARTS) is 1. The summed E-state index contributed by atoms with van der Waals surface area (Å²) in [4.78, 5) is 34.7. The molecule has 3 amide bonds. The minimum Gasteiger partial charge on any atom is -0.480 e. The molecule has 110 valence electrons. The van der Waals surface area contributed by atoms with Gasteiger partial charge in [0, 0.05) is 20.0 Å². The zero-order chi connectivity index (χ0) is 14.8. The highest BCUT2D eigenvalue weighted by molar-refractivity contribution is 5.83. The summed E-state index contributed by atoms with van der Waals surface area (Å²) in [6.07, 6.45) is 2.86. The Balaban J connectivity index is 4.22. The van der Waals surface area contributed by atoms with Crippen LogP contribution in [0.5, 0.6) is 0 Å². The second kappa shape index (κ2) is 9.18. The Hall–Kier alpha value is -1.79. The van der Waals surface area contributed by atoms with Crippen LogP contribution in [-0.4, -0.2) is 47.5 Å². The van der Waals surface area contributed by atoms with Gasteiger partial charge in [0.25, 0.3) is 0 Å². The Kier molecular flexibility index (Phi) is 8.32. The minimum absolute atomic E-state index is 0.000787. The van der Waals surface area contributed by atoms with Crippen molar-refractivity contribution in [2.45, 2.75) is 45.1 Å². The third-order valence-corrected chi connectivity index (χ3v) is 2.72. The summed E-state index contributed by atoms with van der Waals surface area (Å²) in [6.45, 7) is 2.63. The number of unbranched alkanes of at least 4 members (excludes halogenated alkanes) is 2. The highest BCUT2D eigenvalue weighted by Gasteiger charge is 2.21.